The highest BCUT2D eigenvalue weighted by Crippen LogP contribution is 2.22. The fourth-order valence-corrected chi connectivity index (χ4v) is 1.81. The van der Waals surface area contributed by atoms with Crippen molar-refractivity contribution < 1.29 is 9.47 Å². The molecular formula is C14H31N3O2. The van der Waals surface area contributed by atoms with Crippen molar-refractivity contribution in [2.24, 2.45) is 11.1 Å². The summed E-state index contributed by atoms with van der Waals surface area (Å²) in [7, 11) is 3.45. The summed E-state index contributed by atoms with van der Waals surface area (Å²) < 4.78 is 10.2. The molecule has 3 N–H and O–H groups in total. The predicted octanol–water partition coefficient (Wildman–Crippen LogP) is 1.71. The van der Waals surface area contributed by atoms with Gasteiger partial charge in [-0.15, -0.1) is 0 Å². The molecule has 0 saturated carbocycles. The summed E-state index contributed by atoms with van der Waals surface area (Å²) in [6, 6.07) is 0. The Kier molecular flexibility index (Phi) is 9.83. The number of hydrogen-bond acceptors (Lipinski definition) is 4. The van der Waals surface area contributed by atoms with Crippen LogP contribution >= 0.6 is 0 Å². The zero-order chi connectivity index (χ0) is 14.7. The SMILES string of the molecule is COCCN(CCCCC(C)(C)C(=N)N)CCOC. The third-order valence-electron chi connectivity index (χ3n) is 3.48. The molecule has 0 amide bonds. The first kappa shape index (κ1) is 18.4. The van der Waals surface area contributed by atoms with Crippen molar-refractivity contribution in [3.63, 3.8) is 0 Å². The van der Waals surface area contributed by atoms with E-state index in [1.54, 1.807) is 14.2 Å². The van der Waals surface area contributed by atoms with Gasteiger partial charge < -0.3 is 15.2 Å². The Morgan fingerprint density at radius 1 is 1.05 bits per heavy atom. The second-order valence-corrected chi connectivity index (χ2v) is 5.58. The van der Waals surface area contributed by atoms with Gasteiger partial charge in [0.25, 0.3) is 0 Å². The van der Waals surface area contributed by atoms with Crippen LogP contribution < -0.4 is 5.73 Å². The zero-order valence-electron chi connectivity index (χ0n) is 13.0. The maximum Gasteiger partial charge on any atom is 0.0963 e. The van der Waals surface area contributed by atoms with Gasteiger partial charge in [-0.1, -0.05) is 20.3 Å². The van der Waals surface area contributed by atoms with E-state index in [0.29, 0.717) is 0 Å². The van der Waals surface area contributed by atoms with E-state index in [2.05, 4.69) is 4.90 Å². The largest absolute Gasteiger partial charge is 0.387 e. The summed E-state index contributed by atoms with van der Waals surface area (Å²) in [4.78, 5) is 2.35. The Labute approximate surface area is 117 Å². The van der Waals surface area contributed by atoms with E-state index in [-0.39, 0.29) is 11.3 Å². The maximum atomic E-state index is 7.53. The number of ether oxygens (including phenoxy) is 2. The predicted molar refractivity (Wildman–Crippen MR) is 79.7 cm³/mol. The molecule has 0 aromatic rings. The molecule has 0 atom stereocenters. The van der Waals surface area contributed by atoms with Crippen LogP contribution in [0.1, 0.15) is 33.1 Å². The first-order valence-electron chi connectivity index (χ1n) is 6.98. The van der Waals surface area contributed by atoms with Crippen LogP contribution in [0.4, 0.5) is 0 Å². The van der Waals surface area contributed by atoms with Gasteiger partial charge in [0.2, 0.25) is 0 Å². The molecule has 0 unspecified atom stereocenters. The number of unbranched alkanes of at least 4 members (excludes halogenated alkanes) is 1. The van der Waals surface area contributed by atoms with Gasteiger partial charge in [0, 0.05) is 32.7 Å². The first-order valence-corrected chi connectivity index (χ1v) is 6.98. The zero-order valence-corrected chi connectivity index (χ0v) is 13.0. The van der Waals surface area contributed by atoms with E-state index < -0.39 is 0 Å². The highest BCUT2D eigenvalue weighted by molar-refractivity contribution is 5.82. The minimum absolute atomic E-state index is 0.177. The van der Waals surface area contributed by atoms with E-state index in [1.165, 1.54) is 0 Å². The fourth-order valence-electron chi connectivity index (χ4n) is 1.81. The number of hydrogen-bond donors (Lipinski definition) is 2. The highest BCUT2D eigenvalue weighted by Gasteiger charge is 2.20. The number of methoxy groups -OCH3 is 2. The van der Waals surface area contributed by atoms with Gasteiger partial charge in [-0.2, -0.15) is 0 Å². The van der Waals surface area contributed by atoms with Gasteiger partial charge in [0.1, 0.15) is 0 Å². The van der Waals surface area contributed by atoms with E-state index in [1.807, 2.05) is 13.8 Å². The van der Waals surface area contributed by atoms with E-state index in [9.17, 15) is 0 Å². The normalized spacial score (nSPS) is 12.1. The molecular weight excluding hydrogens is 242 g/mol. The lowest BCUT2D eigenvalue weighted by molar-refractivity contribution is 0.112. The molecule has 0 aliphatic heterocycles. The molecule has 0 heterocycles. The van der Waals surface area contributed by atoms with Crippen molar-refractivity contribution in [3.05, 3.63) is 0 Å². The number of amidine groups is 1. The van der Waals surface area contributed by atoms with E-state index in [4.69, 9.17) is 20.6 Å². The van der Waals surface area contributed by atoms with Crippen LogP contribution in [0.5, 0.6) is 0 Å². The van der Waals surface area contributed by atoms with Crippen LogP contribution in [0.15, 0.2) is 0 Å². The van der Waals surface area contributed by atoms with Gasteiger partial charge in [0.05, 0.1) is 19.0 Å². The molecule has 0 spiro atoms. The van der Waals surface area contributed by atoms with Crippen LogP contribution in [0, 0.1) is 10.8 Å². The Hall–Kier alpha value is -0.650. The maximum absolute atomic E-state index is 7.53. The van der Waals surface area contributed by atoms with Crippen LogP contribution in [-0.2, 0) is 9.47 Å². The van der Waals surface area contributed by atoms with Gasteiger partial charge in [-0.05, 0) is 19.4 Å². The van der Waals surface area contributed by atoms with Crippen molar-refractivity contribution in [1.82, 2.24) is 4.90 Å². The van der Waals surface area contributed by atoms with Crippen LogP contribution in [0.3, 0.4) is 0 Å². The van der Waals surface area contributed by atoms with Crippen molar-refractivity contribution in [2.75, 3.05) is 47.1 Å². The summed E-state index contributed by atoms with van der Waals surface area (Å²) in [5.74, 6) is 0.281. The van der Waals surface area contributed by atoms with Gasteiger partial charge in [0.15, 0.2) is 0 Å². The lowest BCUT2D eigenvalue weighted by atomic mass is 9.86. The number of nitrogens with zero attached hydrogens (tertiary/aromatic N) is 1. The minimum atomic E-state index is -0.177. The molecule has 0 aromatic carbocycles. The summed E-state index contributed by atoms with van der Waals surface area (Å²) >= 11 is 0. The Morgan fingerprint density at radius 3 is 2.00 bits per heavy atom. The fraction of sp³-hybridized carbons (Fsp3) is 0.929. The van der Waals surface area contributed by atoms with Crippen LogP contribution in [0.25, 0.3) is 0 Å². The molecule has 0 aliphatic rings. The monoisotopic (exact) mass is 273 g/mol. The smallest absolute Gasteiger partial charge is 0.0963 e. The quantitative estimate of drug-likeness (QED) is 0.323. The van der Waals surface area contributed by atoms with Crippen LogP contribution in [-0.4, -0.2) is 57.8 Å². The third-order valence-corrected chi connectivity index (χ3v) is 3.48. The average molecular weight is 273 g/mol. The number of rotatable bonds is 12. The Bertz CT molecular complexity index is 237. The standard InChI is InChI=1S/C14H31N3O2/c1-14(2,13(15)16)7-5-6-8-17(9-11-18-3)10-12-19-4/h5-12H2,1-4H3,(H3,15,16). The summed E-state index contributed by atoms with van der Waals surface area (Å²) in [5, 5.41) is 7.53. The summed E-state index contributed by atoms with van der Waals surface area (Å²) in [6.07, 6.45) is 3.16. The molecule has 0 saturated heterocycles. The summed E-state index contributed by atoms with van der Waals surface area (Å²) in [5.41, 5.74) is 5.41. The second kappa shape index (κ2) is 10.2. The molecule has 0 rings (SSSR count). The molecule has 0 bridgehead atoms. The first-order chi connectivity index (χ1) is 8.94. The van der Waals surface area contributed by atoms with Crippen molar-refractivity contribution in [1.29, 1.82) is 5.41 Å². The molecule has 0 fully saturated rings. The van der Waals surface area contributed by atoms with E-state index >= 15 is 0 Å². The molecule has 114 valence electrons. The molecule has 19 heavy (non-hydrogen) atoms. The molecule has 0 radical (unpaired) electrons. The second-order valence-electron chi connectivity index (χ2n) is 5.58. The highest BCUT2D eigenvalue weighted by atomic mass is 16.5. The van der Waals surface area contributed by atoms with Crippen molar-refractivity contribution in [2.45, 2.75) is 33.1 Å². The molecule has 5 nitrogen and oxygen atoms in total. The van der Waals surface area contributed by atoms with Gasteiger partial charge in [-0.25, -0.2) is 0 Å². The summed E-state index contributed by atoms with van der Waals surface area (Å²) in [6.45, 7) is 8.49. The Morgan fingerprint density at radius 2 is 1.58 bits per heavy atom. The minimum Gasteiger partial charge on any atom is -0.387 e. The lowest BCUT2D eigenvalue weighted by Gasteiger charge is -2.24. The van der Waals surface area contributed by atoms with Gasteiger partial charge in [-0.3, -0.25) is 10.3 Å². The average Bonchev–Trinajstić information content (AvgIpc) is 2.36. The van der Waals surface area contributed by atoms with E-state index in [0.717, 1.165) is 52.1 Å². The molecule has 0 aromatic heterocycles. The molecule has 0 aliphatic carbocycles. The third kappa shape index (κ3) is 8.97. The Balaban J connectivity index is 3.87. The van der Waals surface area contributed by atoms with Gasteiger partial charge >= 0.3 is 0 Å². The number of nitrogens with two attached hydrogens (primary N) is 1. The van der Waals surface area contributed by atoms with Crippen molar-refractivity contribution >= 4 is 5.84 Å². The van der Waals surface area contributed by atoms with Crippen molar-refractivity contribution in [3.8, 4) is 0 Å². The lowest BCUT2D eigenvalue weighted by Crippen LogP contribution is -2.33. The molecule has 5 heteroatoms. The topological polar surface area (TPSA) is 71.6 Å². The van der Waals surface area contributed by atoms with Crippen LogP contribution in [0.2, 0.25) is 0 Å². The number of nitrogens with one attached hydrogen (secondary N) is 1.